The number of hydrogen-bond donors (Lipinski definition) is 6. The van der Waals surface area contributed by atoms with Crippen LogP contribution in [-0.4, -0.2) is 65.5 Å². The summed E-state index contributed by atoms with van der Waals surface area (Å²) < 4.78 is 44.2. The maximum absolute atomic E-state index is 12.4. The Morgan fingerprint density at radius 2 is 1.83 bits per heavy atom. The van der Waals surface area contributed by atoms with E-state index >= 15 is 0 Å². The second-order valence-electron chi connectivity index (χ2n) is 7.20. The van der Waals surface area contributed by atoms with Crippen molar-refractivity contribution in [3.8, 4) is 5.75 Å². The van der Waals surface area contributed by atoms with E-state index in [1.165, 1.54) is 24.3 Å². The number of hydrogen-bond acceptors (Lipinski definition) is 10. The fourth-order valence-electron chi connectivity index (χ4n) is 3.12. The summed E-state index contributed by atoms with van der Waals surface area (Å²) in [4.78, 5) is 65.1. The van der Waals surface area contributed by atoms with Gasteiger partial charge in [0.15, 0.2) is 6.23 Å². The molecule has 6 N–H and O–H groups in total. The van der Waals surface area contributed by atoms with E-state index in [2.05, 4.69) is 25.8 Å². The van der Waals surface area contributed by atoms with Crippen LogP contribution in [0.5, 0.6) is 5.75 Å². The number of halogens is 1. The number of aromatic amines is 1. The van der Waals surface area contributed by atoms with Crippen molar-refractivity contribution in [3.63, 3.8) is 0 Å². The van der Waals surface area contributed by atoms with Crippen molar-refractivity contribution in [1.82, 2.24) is 9.55 Å². The molecule has 1 aromatic heterocycles. The van der Waals surface area contributed by atoms with E-state index in [0.717, 1.165) is 16.8 Å². The second kappa shape index (κ2) is 11.5. The van der Waals surface area contributed by atoms with E-state index in [9.17, 15) is 43.3 Å². The van der Waals surface area contributed by atoms with Crippen LogP contribution in [0.2, 0.25) is 0 Å². The highest BCUT2D eigenvalue weighted by Gasteiger charge is 2.49. The Balaban J connectivity index is 1.72. The zero-order valence-corrected chi connectivity index (χ0v) is 21.2. The Labute approximate surface area is 209 Å². The van der Waals surface area contributed by atoms with Gasteiger partial charge in [0.2, 0.25) is 5.91 Å². The molecule has 3 rings (SSSR count). The van der Waals surface area contributed by atoms with Gasteiger partial charge in [0.05, 0.1) is 11.9 Å². The molecular formula is C17H20BrN3O13P2. The summed E-state index contributed by atoms with van der Waals surface area (Å²) in [7, 11) is -10.0. The van der Waals surface area contributed by atoms with Crippen LogP contribution in [0.4, 0.5) is 5.69 Å². The molecule has 1 aliphatic heterocycles. The summed E-state index contributed by atoms with van der Waals surface area (Å²) in [6.45, 7) is -0.872. The zero-order chi connectivity index (χ0) is 26.7. The van der Waals surface area contributed by atoms with Crippen molar-refractivity contribution in [2.45, 2.75) is 24.5 Å². The van der Waals surface area contributed by atoms with E-state index < -0.39 is 58.0 Å². The lowest BCUT2D eigenvalue weighted by atomic mass is 10.1. The van der Waals surface area contributed by atoms with Crippen molar-refractivity contribution in [2.24, 2.45) is 0 Å². The number of aromatic nitrogens is 2. The lowest BCUT2D eigenvalue weighted by Crippen LogP contribution is -2.38. The van der Waals surface area contributed by atoms with Crippen molar-refractivity contribution in [3.05, 3.63) is 57.4 Å². The smallest absolute Gasteiger partial charge is 0.404 e. The Morgan fingerprint density at radius 3 is 2.42 bits per heavy atom. The normalized spacial score (nSPS) is 23.7. The van der Waals surface area contributed by atoms with Gasteiger partial charge < -0.3 is 29.5 Å². The van der Waals surface area contributed by atoms with Gasteiger partial charge >= 0.3 is 21.3 Å². The number of amides is 1. The molecule has 1 amide bonds. The summed E-state index contributed by atoms with van der Waals surface area (Å²) in [5.74, 6) is -0.446. The number of rotatable bonds is 10. The first-order chi connectivity index (χ1) is 16.8. The topological polar surface area (TPSA) is 236 Å². The third-order valence-electron chi connectivity index (χ3n) is 4.58. The fraction of sp³-hybridized carbons (Fsp3) is 0.353. The third-order valence-corrected chi connectivity index (χ3v) is 6.52. The summed E-state index contributed by atoms with van der Waals surface area (Å²) in [5.41, 5.74) is -1.37. The predicted octanol–water partition coefficient (Wildman–Crippen LogP) is -0.198. The third kappa shape index (κ3) is 7.66. The molecular weight excluding hydrogens is 596 g/mol. The van der Waals surface area contributed by atoms with Crippen LogP contribution in [0.3, 0.4) is 0 Å². The van der Waals surface area contributed by atoms with E-state index in [-0.39, 0.29) is 17.0 Å². The average molecular weight is 616 g/mol. The Hall–Kier alpha value is -2.17. The zero-order valence-electron chi connectivity index (χ0n) is 17.9. The minimum Gasteiger partial charge on any atom is -0.404 e. The molecule has 0 bridgehead atoms. The van der Waals surface area contributed by atoms with Gasteiger partial charge in [0.1, 0.15) is 24.1 Å². The highest BCUT2D eigenvalue weighted by molar-refractivity contribution is 9.09. The highest BCUT2D eigenvalue weighted by Crippen LogP contribution is 2.47. The molecule has 5 atom stereocenters. The van der Waals surface area contributed by atoms with E-state index in [4.69, 9.17) is 13.8 Å². The summed E-state index contributed by atoms with van der Waals surface area (Å²) in [6, 6.07) is 6.26. The number of ether oxygens (including phenoxy) is 1. The molecule has 198 valence electrons. The standard InChI is InChI=1S/C17H20BrN3O13P2/c18-7-13(23)19-9-1-3-10(4-2-9)33-36(29,30)31-8-11-15(34-35(26,27)28)14(24)16(32-11)21-6-5-12(22)20-17(21)25/h1-6,11,14-16,24H,7-8H2,(H,19,23)(H,29,30)(H,20,22,25)(H2,26,27,28). The first-order valence-electron chi connectivity index (χ1n) is 9.80. The largest absolute Gasteiger partial charge is 0.527 e. The first kappa shape index (κ1) is 28.4. The molecule has 0 saturated carbocycles. The summed E-state index contributed by atoms with van der Waals surface area (Å²) in [6.07, 6.45) is -5.87. The number of nitrogens with one attached hydrogen (secondary N) is 2. The van der Waals surface area contributed by atoms with Gasteiger partial charge in [-0.1, -0.05) is 15.9 Å². The molecule has 0 spiro atoms. The van der Waals surface area contributed by atoms with Gasteiger partial charge in [-0.25, -0.2) is 13.9 Å². The number of benzene rings is 1. The van der Waals surface area contributed by atoms with E-state index in [1.54, 1.807) is 0 Å². The van der Waals surface area contributed by atoms with Crippen molar-refractivity contribution < 1.29 is 52.0 Å². The summed E-state index contributed by atoms with van der Waals surface area (Å²) >= 11 is 2.99. The van der Waals surface area contributed by atoms with Gasteiger partial charge in [0, 0.05) is 18.0 Å². The predicted molar refractivity (Wildman–Crippen MR) is 123 cm³/mol. The maximum atomic E-state index is 12.4. The van der Waals surface area contributed by atoms with Crippen molar-refractivity contribution in [1.29, 1.82) is 0 Å². The number of carbonyl (C=O) groups excluding carboxylic acids is 1. The molecule has 2 heterocycles. The minimum absolute atomic E-state index is 0.0628. The SMILES string of the molecule is O=C(CBr)Nc1ccc(OP(=O)(O)OCC2OC(n3ccc(=O)[nH]c3=O)C(O)C2OP(=O)(O)O)cc1. The van der Waals surface area contributed by atoms with Crippen LogP contribution in [-0.2, 0) is 27.7 Å². The van der Waals surface area contributed by atoms with Gasteiger partial charge in [-0.2, -0.15) is 0 Å². The van der Waals surface area contributed by atoms with Crippen LogP contribution < -0.4 is 21.1 Å². The number of aliphatic hydroxyl groups is 1. The average Bonchev–Trinajstić information content (AvgIpc) is 3.07. The quantitative estimate of drug-likeness (QED) is 0.150. The summed E-state index contributed by atoms with van der Waals surface area (Å²) in [5, 5.41) is 13.1. The van der Waals surface area contributed by atoms with E-state index in [1.807, 2.05) is 4.98 Å². The molecule has 0 aliphatic carbocycles. The lowest BCUT2D eigenvalue weighted by Gasteiger charge is -2.21. The molecule has 19 heteroatoms. The molecule has 5 unspecified atom stereocenters. The second-order valence-corrected chi connectivity index (χ2v) is 10.3. The molecule has 0 radical (unpaired) electrons. The number of carbonyl (C=O) groups is 1. The van der Waals surface area contributed by atoms with Gasteiger partial charge in [-0.3, -0.25) is 33.1 Å². The highest BCUT2D eigenvalue weighted by atomic mass is 79.9. The molecule has 1 aromatic carbocycles. The Bertz CT molecular complexity index is 1290. The molecule has 16 nitrogen and oxygen atoms in total. The van der Waals surface area contributed by atoms with Gasteiger partial charge in [0.25, 0.3) is 5.56 Å². The molecule has 2 aromatic rings. The number of phosphoric acid groups is 2. The van der Waals surface area contributed by atoms with E-state index in [0.29, 0.717) is 5.69 Å². The fourth-order valence-corrected chi connectivity index (χ4v) is 4.61. The number of phosphoric ester groups is 2. The minimum atomic E-state index is -5.20. The van der Waals surface area contributed by atoms with Gasteiger partial charge in [-0.15, -0.1) is 0 Å². The maximum Gasteiger partial charge on any atom is 0.527 e. The van der Waals surface area contributed by atoms with Crippen LogP contribution in [0.1, 0.15) is 6.23 Å². The molecule has 1 aliphatic rings. The first-order valence-corrected chi connectivity index (χ1v) is 13.9. The number of aliphatic hydroxyl groups excluding tert-OH is 1. The number of nitrogens with zero attached hydrogens (tertiary/aromatic N) is 1. The van der Waals surface area contributed by atoms with Crippen LogP contribution >= 0.6 is 31.6 Å². The molecule has 1 saturated heterocycles. The Kier molecular flexibility index (Phi) is 9.06. The number of anilines is 1. The van der Waals surface area contributed by atoms with Crippen LogP contribution in [0.15, 0.2) is 46.1 Å². The van der Waals surface area contributed by atoms with Gasteiger partial charge in [-0.05, 0) is 24.3 Å². The van der Waals surface area contributed by atoms with Crippen LogP contribution in [0, 0.1) is 0 Å². The number of alkyl halides is 1. The van der Waals surface area contributed by atoms with Crippen LogP contribution in [0.25, 0.3) is 0 Å². The monoisotopic (exact) mass is 615 g/mol. The lowest BCUT2D eigenvalue weighted by molar-refractivity contribution is -0.113. The van der Waals surface area contributed by atoms with Crippen molar-refractivity contribution >= 4 is 43.2 Å². The van der Waals surface area contributed by atoms with Crippen molar-refractivity contribution in [2.75, 3.05) is 17.3 Å². The molecule has 36 heavy (non-hydrogen) atoms. The molecule has 1 fully saturated rings. The Morgan fingerprint density at radius 1 is 1.17 bits per heavy atom. The number of H-pyrrole nitrogens is 1.